The number of benzene rings is 1. The van der Waals surface area contributed by atoms with Crippen LogP contribution in [0.2, 0.25) is 0 Å². The molecule has 0 bridgehead atoms. The molecule has 110 valence electrons. The van der Waals surface area contributed by atoms with Gasteiger partial charge in [0.2, 0.25) is 5.88 Å². The molecule has 0 aliphatic heterocycles. The van der Waals surface area contributed by atoms with Crippen LogP contribution in [0, 0.1) is 20.8 Å². The highest BCUT2D eigenvalue weighted by Gasteiger charge is 2.16. The molecule has 0 saturated carbocycles. The zero-order chi connectivity index (χ0) is 15.0. The molecule has 4 nitrogen and oxygen atoms in total. The van der Waals surface area contributed by atoms with Crippen LogP contribution in [0.15, 0.2) is 23.7 Å². The predicted molar refractivity (Wildman–Crippen MR) is 86.6 cm³/mol. The van der Waals surface area contributed by atoms with Gasteiger partial charge in [-0.05, 0) is 50.1 Å². The van der Waals surface area contributed by atoms with E-state index < -0.39 is 0 Å². The van der Waals surface area contributed by atoms with Crippen LogP contribution in [0.25, 0.3) is 4.96 Å². The maximum Gasteiger partial charge on any atom is 0.242 e. The molecular formula is C16H19N3OS. The highest BCUT2D eigenvalue weighted by molar-refractivity contribution is 7.15. The molecule has 3 rings (SSSR count). The summed E-state index contributed by atoms with van der Waals surface area (Å²) >= 11 is 1.60. The summed E-state index contributed by atoms with van der Waals surface area (Å²) < 4.78 is 8.18. The molecule has 1 aromatic carbocycles. The van der Waals surface area contributed by atoms with Crippen LogP contribution in [0.1, 0.15) is 22.4 Å². The van der Waals surface area contributed by atoms with Gasteiger partial charge in [-0.25, -0.2) is 0 Å². The molecule has 0 fully saturated rings. The molecule has 2 heterocycles. The van der Waals surface area contributed by atoms with E-state index in [9.17, 15) is 0 Å². The minimum atomic E-state index is 0.575. The van der Waals surface area contributed by atoms with Crippen molar-refractivity contribution in [3.8, 4) is 11.6 Å². The number of aromatic nitrogens is 2. The quantitative estimate of drug-likeness (QED) is 0.801. The van der Waals surface area contributed by atoms with Crippen molar-refractivity contribution in [2.24, 2.45) is 5.73 Å². The molecule has 0 unspecified atom stereocenters. The molecule has 0 atom stereocenters. The fourth-order valence-corrected chi connectivity index (χ4v) is 3.19. The fraction of sp³-hybridized carbons (Fsp3) is 0.312. The third-order valence-corrected chi connectivity index (χ3v) is 4.43. The lowest BCUT2D eigenvalue weighted by Crippen LogP contribution is -2.06. The van der Waals surface area contributed by atoms with E-state index in [0.717, 1.165) is 28.4 Å². The Hall–Kier alpha value is -1.85. The van der Waals surface area contributed by atoms with Crippen LogP contribution in [-0.2, 0) is 6.42 Å². The number of hydrogen-bond donors (Lipinski definition) is 1. The Morgan fingerprint density at radius 1 is 1.29 bits per heavy atom. The zero-order valence-electron chi connectivity index (χ0n) is 12.5. The number of fused-ring (bicyclic) bond motifs is 1. The second-order valence-corrected chi connectivity index (χ2v) is 6.14. The summed E-state index contributed by atoms with van der Waals surface area (Å²) in [5, 5.41) is 2.02. The highest BCUT2D eigenvalue weighted by atomic mass is 32.1. The molecular weight excluding hydrogens is 282 g/mol. The van der Waals surface area contributed by atoms with Crippen molar-refractivity contribution in [1.29, 1.82) is 0 Å². The van der Waals surface area contributed by atoms with E-state index in [4.69, 9.17) is 10.5 Å². The molecule has 0 aliphatic rings. The first-order valence-corrected chi connectivity index (χ1v) is 7.88. The largest absolute Gasteiger partial charge is 0.437 e. The molecule has 0 spiro atoms. The van der Waals surface area contributed by atoms with Crippen molar-refractivity contribution in [3.63, 3.8) is 0 Å². The van der Waals surface area contributed by atoms with Gasteiger partial charge in [0.1, 0.15) is 5.75 Å². The van der Waals surface area contributed by atoms with Gasteiger partial charge in [0.25, 0.3) is 0 Å². The van der Waals surface area contributed by atoms with Crippen LogP contribution >= 0.6 is 11.3 Å². The molecule has 0 amide bonds. The van der Waals surface area contributed by atoms with Gasteiger partial charge in [0.05, 0.1) is 5.69 Å². The summed E-state index contributed by atoms with van der Waals surface area (Å²) in [5.41, 5.74) is 10.3. The molecule has 21 heavy (non-hydrogen) atoms. The number of nitrogens with two attached hydrogens (primary N) is 1. The molecule has 0 radical (unpaired) electrons. The van der Waals surface area contributed by atoms with Gasteiger partial charge in [0, 0.05) is 18.0 Å². The third kappa shape index (κ3) is 2.54. The molecule has 0 saturated heterocycles. The van der Waals surface area contributed by atoms with Crippen LogP contribution in [0.4, 0.5) is 0 Å². The van der Waals surface area contributed by atoms with Gasteiger partial charge >= 0.3 is 0 Å². The van der Waals surface area contributed by atoms with Gasteiger partial charge in [-0.1, -0.05) is 6.07 Å². The van der Waals surface area contributed by atoms with Crippen molar-refractivity contribution in [2.45, 2.75) is 27.2 Å². The number of rotatable bonds is 4. The number of hydrogen-bond acceptors (Lipinski definition) is 4. The summed E-state index contributed by atoms with van der Waals surface area (Å²) in [7, 11) is 0. The molecule has 5 heteroatoms. The average Bonchev–Trinajstić information content (AvgIpc) is 2.99. The van der Waals surface area contributed by atoms with E-state index in [1.54, 1.807) is 11.3 Å². The highest BCUT2D eigenvalue weighted by Crippen LogP contribution is 2.31. The Balaban J connectivity index is 2.05. The van der Waals surface area contributed by atoms with Crippen LogP contribution < -0.4 is 10.5 Å². The monoisotopic (exact) mass is 301 g/mol. The van der Waals surface area contributed by atoms with Crippen molar-refractivity contribution in [1.82, 2.24) is 9.38 Å². The first kappa shape index (κ1) is 14.1. The minimum absolute atomic E-state index is 0.575. The van der Waals surface area contributed by atoms with Crippen LogP contribution in [-0.4, -0.2) is 15.9 Å². The van der Waals surface area contributed by atoms with Gasteiger partial charge in [-0.2, -0.15) is 4.98 Å². The lowest BCUT2D eigenvalue weighted by Gasteiger charge is -2.11. The van der Waals surface area contributed by atoms with Crippen molar-refractivity contribution in [2.75, 3.05) is 6.54 Å². The molecule has 3 aromatic rings. The standard InChI is InChI=1S/C16H19N3OS/c1-10-8-11(2)12(3)14(9-10)20-15-13(4-5-17)19-6-7-21-16(19)18-15/h6-9H,4-5,17H2,1-3H3. The van der Waals surface area contributed by atoms with E-state index in [0.29, 0.717) is 12.4 Å². The molecule has 0 aliphatic carbocycles. The van der Waals surface area contributed by atoms with Crippen molar-refractivity contribution in [3.05, 3.63) is 46.1 Å². The van der Waals surface area contributed by atoms with Crippen molar-refractivity contribution >= 4 is 16.3 Å². The van der Waals surface area contributed by atoms with Crippen molar-refractivity contribution < 1.29 is 4.74 Å². The fourth-order valence-electron chi connectivity index (χ4n) is 2.47. The Morgan fingerprint density at radius 2 is 2.10 bits per heavy atom. The van der Waals surface area contributed by atoms with E-state index in [2.05, 4.69) is 42.3 Å². The lowest BCUT2D eigenvalue weighted by molar-refractivity contribution is 0.455. The summed E-state index contributed by atoms with van der Waals surface area (Å²) in [6.07, 6.45) is 2.76. The van der Waals surface area contributed by atoms with Crippen LogP contribution in [0.5, 0.6) is 11.6 Å². The number of imidazole rings is 1. The van der Waals surface area contributed by atoms with E-state index >= 15 is 0 Å². The van der Waals surface area contributed by atoms with E-state index in [1.165, 1.54) is 11.1 Å². The van der Waals surface area contributed by atoms with E-state index in [1.807, 2.05) is 11.6 Å². The summed E-state index contributed by atoms with van der Waals surface area (Å²) in [4.78, 5) is 5.53. The minimum Gasteiger partial charge on any atom is -0.437 e. The smallest absolute Gasteiger partial charge is 0.242 e. The number of aryl methyl sites for hydroxylation is 2. The van der Waals surface area contributed by atoms with Gasteiger partial charge in [-0.3, -0.25) is 4.40 Å². The number of ether oxygens (including phenoxy) is 1. The van der Waals surface area contributed by atoms with Gasteiger partial charge in [0.15, 0.2) is 4.96 Å². The predicted octanol–water partition coefficient (Wildman–Crippen LogP) is 3.61. The molecule has 2 N–H and O–H groups in total. The number of nitrogens with zero attached hydrogens (tertiary/aromatic N) is 2. The Labute approximate surface area is 128 Å². The SMILES string of the molecule is Cc1cc(C)c(C)c(Oc2nc3sccn3c2CCN)c1. The zero-order valence-corrected chi connectivity index (χ0v) is 13.3. The van der Waals surface area contributed by atoms with E-state index in [-0.39, 0.29) is 0 Å². The maximum atomic E-state index is 6.12. The Bertz CT molecular complexity index is 788. The number of thiazole rings is 1. The topological polar surface area (TPSA) is 52.5 Å². The van der Waals surface area contributed by atoms with Gasteiger partial charge < -0.3 is 10.5 Å². The maximum absolute atomic E-state index is 6.12. The van der Waals surface area contributed by atoms with Crippen LogP contribution in [0.3, 0.4) is 0 Å². The summed E-state index contributed by atoms with van der Waals surface area (Å²) in [6, 6.07) is 4.22. The summed E-state index contributed by atoms with van der Waals surface area (Å²) in [5.74, 6) is 1.54. The first-order valence-electron chi connectivity index (χ1n) is 7.00. The average molecular weight is 301 g/mol. The Kier molecular flexibility index (Phi) is 3.69. The lowest BCUT2D eigenvalue weighted by atomic mass is 10.1. The second kappa shape index (κ2) is 5.50. The summed E-state index contributed by atoms with van der Waals surface area (Å²) in [6.45, 7) is 6.82. The first-order chi connectivity index (χ1) is 10.1. The normalized spacial score (nSPS) is 11.2. The second-order valence-electron chi connectivity index (χ2n) is 5.26. The Morgan fingerprint density at radius 3 is 2.86 bits per heavy atom. The van der Waals surface area contributed by atoms with Gasteiger partial charge in [-0.15, -0.1) is 11.3 Å². The third-order valence-electron chi connectivity index (χ3n) is 3.68. The molecule has 2 aromatic heterocycles.